The van der Waals surface area contributed by atoms with E-state index in [1.165, 1.54) is 18.5 Å². The van der Waals surface area contributed by atoms with E-state index in [-0.39, 0.29) is 11.7 Å². The quantitative estimate of drug-likeness (QED) is 0.252. The van der Waals surface area contributed by atoms with Gasteiger partial charge >= 0.3 is 0 Å². The van der Waals surface area contributed by atoms with Gasteiger partial charge in [-0.15, -0.1) is 0 Å². The van der Waals surface area contributed by atoms with Crippen molar-refractivity contribution in [3.63, 3.8) is 0 Å². The second kappa shape index (κ2) is 9.97. The molecule has 2 aromatic heterocycles. The molecule has 0 unspecified atom stereocenters. The number of benzene rings is 3. The minimum Gasteiger partial charge on any atom is -0.372 e. The van der Waals surface area contributed by atoms with Crippen LogP contribution in [0.5, 0.6) is 0 Å². The van der Waals surface area contributed by atoms with Gasteiger partial charge in [0.1, 0.15) is 5.82 Å². The molecule has 1 saturated heterocycles. The molecule has 0 atom stereocenters. The summed E-state index contributed by atoms with van der Waals surface area (Å²) in [4.78, 5) is 35.9. The number of H-pyrrole nitrogens is 2. The van der Waals surface area contributed by atoms with E-state index in [1.807, 2.05) is 49.4 Å². The van der Waals surface area contributed by atoms with Crippen molar-refractivity contribution < 1.29 is 9.59 Å². The van der Waals surface area contributed by atoms with Gasteiger partial charge in [-0.25, -0.2) is 4.98 Å². The third-order valence-corrected chi connectivity index (χ3v) is 7.07. The highest BCUT2D eigenvalue weighted by Gasteiger charge is 2.15. The van der Waals surface area contributed by atoms with Crippen LogP contribution >= 0.6 is 0 Å². The van der Waals surface area contributed by atoms with Crippen molar-refractivity contribution >= 4 is 34.1 Å². The Labute approximate surface area is 220 Å². The molecule has 1 aliphatic heterocycles. The smallest absolute Gasteiger partial charge is 0.255 e. The molecule has 8 heteroatoms. The zero-order valence-electron chi connectivity index (χ0n) is 21.1. The Morgan fingerprint density at radius 2 is 1.68 bits per heavy atom. The first-order valence-electron chi connectivity index (χ1n) is 12.8. The maximum absolute atomic E-state index is 12.9. The first-order chi connectivity index (χ1) is 18.5. The van der Waals surface area contributed by atoms with Crippen LogP contribution in [0.4, 0.5) is 11.4 Å². The number of aromatic nitrogens is 4. The van der Waals surface area contributed by atoms with Crippen molar-refractivity contribution in [2.75, 3.05) is 23.3 Å². The largest absolute Gasteiger partial charge is 0.372 e. The van der Waals surface area contributed by atoms with Crippen LogP contribution in [0.2, 0.25) is 0 Å². The number of nitrogens with zero attached hydrogens (tertiary/aromatic N) is 3. The second-order valence-corrected chi connectivity index (χ2v) is 9.72. The zero-order chi connectivity index (χ0) is 26.1. The number of rotatable bonds is 7. The molecular formula is C30H28N6O2. The normalized spacial score (nSPS) is 13.2. The van der Waals surface area contributed by atoms with Gasteiger partial charge in [0.15, 0.2) is 5.78 Å². The van der Waals surface area contributed by atoms with Crippen LogP contribution in [0.3, 0.4) is 0 Å². The lowest BCUT2D eigenvalue weighted by molar-refractivity contribution is 0.0991. The molecule has 3 aromatic carbocycles. The van der Waals surface area contributed by atoms with E-state index in [1.54, 1.807) is 18.3 Å². The fraction of sp³-hybridized carbons (Fsp3) is 0.200. The summed E-state index contributed by atoms with van der Waals surface area (Å²) in [5.74, 6) is 0.598. The van der Waals surface area contributed by atoms with Crippen molar-refractivity contribution in [1.29, 1.82) is 0 Å². The summed E-state index contributed by atoms with van der Waals surface area (Å²) < 4.78 is 0. The number of anilines is 2. The predicted molar refractivity (Wildman–Crippen MR) is 149 cm³/mol. The summed E-state index contributed by atoms with van der Waals surface area (Å²) in [7, 11) is 0. The van der Waals surface area contributed by atoms with Crippen molar-refractivity contribution in [3.8, 4) is 11.4 Å². The molecule has 190 valence electrons. The van der Waals surface area contributed by atoms with Gasteiger partial charge in [0.25, 0.3) is 5.91 Å². The molecule has 1 amide bonds. The summed E-state index contributed by atoms with van der Waals surface area (Å²) in [6.07, 6.45) is 4.37. The molecule has 1 fully saturated rings. The minimum absolute atomic E-state index is 0.0940. The average Bonchev–Trinajstić information content (AvgIpc) is 3.70. The maximum Gasteiger partial charge on any atom is 0.255 e. The Hall–Kier alpha value is -4.72. The van der Waals surface area contributed by atoms with E-state index in [0.29, 0.717) is 23.5 Å². The number of nitrogens with one attached hydrogen (secondary N) is 3. The van der Waals surface area contributed by atoms with Crippen LogP contribution in [0.25, 0.3) is 22.4 Å². The standard InChI is InChI=1S/C30H28N6O2/c1-19-27(18-31-35-19)34-30(38)23-7-5-22(6-8-23)29-32-25-13-4-20(16-26(25)33-29)17-28(37)21-9-11-24(12-10-21)36-14-2-3-15-36/h4-13,16,18H,2-3,14-15,17H2,1H3,(H,31,35)(H,32,33)(H,34,38). The van der Waals surface area contributed by atoms with Gasteiger partial charge in [0.2, 0.25) is 0 Å². The molecule has 3 N–H and O–H groups in total. The number of imidazole rings is 1. The first-order valence-corrected chi connectivity index (χ1v) is 12.8. The number of aromatic amines is 2. The maximum atomic E-state index is 12.9. The van der Waals surface area contributed by atoms with Gasteiger partial charge < -0.3 is 15.2 Å². The number of aryl methyl sites for hydroxylation is 1. The highest BCUT2D eigenvalue weighted by molar-refractivity contribution is 6.04. The van der Waals surface area contributed by atoms with E-state index < -0.39 is 0 Å². The lowest BCUT2D eigenvalue weighted by atomic mass is 10.0. The summed E-state index contributed by atoms with van der Waals surface area (Å²) >= 11 is 0. The van der Waals surface area contributed by atoms with Crippen LogP contribution < -0.4 is 10.2 Å². The Morgan fingerprint density at radius 1 is 0.947 bits per heavy atom. The van der Waals surface area contributed by atoms with Crippen LogP contribution in [-0.2, 0) is 6.42 Å². The molecule has 0 saturated carbocycles. The van der Waals surface area contributed by atoms with E-state index in [9.17, 15) is 9.59 Å². The third-order valence-electron chi connectivity index (χ3n) is 7.07. The van der Waals surface area contributed by atoms with Crippen molar-refractivity contribution in [2.45, 2.75) is 26.2 Å². The van der Waals surface area contributed by atoms with Crippen molar-refractivity contribution in [2.24, 2.45) is 0 Å². The third kappa shape index (κ3) is 4.80. The lowest BCUT2D eigenvalue weighted by Crippen LogP contribution is -2.17. The number of carbonyl (C=O) groups excluding carboxylic acids is 2. The van der Waals surface area contributed by atoms with Gasteiger partial charge in [-0.1, -0.05) is 18.2 Å². The van der Waals surface area contributed by atoms with Crippen LogP contribution in [0.15, 0.2) is 72.9 Å². The minimum atomic E-state index is -0.203. The van der Waals surface area contributed by atoms with Gasteiger partial charge in [0.05, 0.1) is 28.6 Å². The molecular weight excluding hydrogens is 476 g/mol. The summed E-state index contributed by atoms with van der Waals surface area (Å²) in [6, 6.07) is 21.1. The molecule has 6 rings (SSSR count). The van der Waals surface area contributed by atoms with Gasteiger partial charge in [0, 0.05) is 41.9 Å². The van der Waals surface area contributed by atoms with Crippen LogP contribution in [-0.4, -0.2) is 44.9 Å². The molecule has 38 heavy (non-hydrogen) atoms. The Kier molecular flexibility index (Phi) is 6.21. The van der Waals surface area contributed by atoms with Crippen LogP contribution in [0, 0.1) is 6.92 Å². The fourth-order valence-electron chi connectivity index (χ4n) is 4.88. The fourth-order valence-corrected chi connectivity index (χ4v) is 4.88. The number of fused-ring (bicyclic) bond motifs is 1. The molecule has 1 aliphatic rings. The summed E-state index contributed by atoms with van der Waals surface area (Å²) in [5, 5.41) is 9.58. The zero-order valence-corrected chi connectivity index (χ0v) is 21.1. The topological polar surface area (TPSA) is 107 Å². The monoisotopic (exact) mass is 504 g/mol. The number of ketones is 1. The Balaban J connectivity index is 1.14. The van der Waals surface area contributed by atoms with Crippen molar-refractivity contribution in [1.82, 2.24) is 20.2 Å². The van der Waals surface area contributed by atoms with Gasteiger partial charge in [-0.05, 0) is 73.9 Å². The molecule has 0 bridgehead atoms. The van der Waals surface area contributed by atoms with E-state index >= 15 is 0 Å². The van der Waals surface area contributed by atoms with E-state index in [0.717, 1.165) is 46.5 Å². The molecule has 3 heterocycles. The molecule has 8 nitrogen and oxygen atoms in total. The van der Waals surface area contributed by atoms with E-state index in [2.05, 4.69) is 37.5 Å². The summed E-state index contributed by atoms with van der Waals surface area (Å²) in [5.41, 5.74) is 7.40. The SMILES string of the molecule is Cc1[nH]ncc1NC(=O)c1ccc(-c2nc3ccc(CC(=O)c4ccc(N5CCCC5)cc4)cc3[nH]2)cc1. The lowest BCUT2D eigenvalue weighted by Gasteiger charge is -2.17. The molecule has 0 aliphatic carbocycles. The first kappa shape index (κ1) is 23.7. The van der Waals surface area contributed by atoms with E-state index in [4.69, 9.17) is 4.98 Å². The average molecular weight is 505 g/mol. The molecule has 5 aromatic rings. The Bertz CT molecular complexity index is 1610. The molecule has 0 radical (unpaired) electrons. The number of amides is 1. The van der Waals surface area contributed by atoms with Gasteiger partial charge in [-0.2, -0.15) is 5.10 Å². The highest BCUT2D eigenvalue weighted by Crippen LogP contribution is 2.24. The van der Waals surface area contributed by atoms with Gasteiger partial charge in [-0.3, -0.25) is 14.7 Å². The second-order valence-electron chi connectivity index (χ2n) is 9.72. The Morgan fingerprint density at radius 3 is 2.39 bits per heavy atom. The number of hydrogen-bond donors (Lipinski definition) is 3. The summed E-state index contributed by atoms with van der Waals surface area (Å²) in [6.45, 7) is 4.02. The number of Topliss-reactive ketones (excluding diaryl/α,β-unsaturated/α-hetero) is 1. The number of carbonyl (C=O) groups is 2. The highest BCUT2D eigenvalue weighted by atomic mass is 16.1. The number of hydrogen-bond acceptors (Lipinski definition) is 5. The predicted octanol–water partition coefficient (Wildman–Crippen LogP) is 5.54. The van der Waals surface area contributed by atoms with Crippen LogP contribution in [0.1, 0.15) is 44.8 Å². The van der Waals surface area contributed by atoms with Crippen molar-refractivity contribution in [3.05, 3.63) is 95.3 Å². The molecule has 0 spiro atoms.